The second-order valence-corrected chi connectivity index (χ2v) is 9.33. The fourth-order valence-corrected chi connectivity index (χ4v) is 4.86. The summed E-state index contributed by atoms with van der Waals surface area (Å²) in [5.74, 6) is -0.253. The number of imidazole rings is 1. The molecule has 0 bridgehead atoms. The number of fused-ring (bicyclic) bond motifs is 1. The van der Waals surface area contributed by atoms with Gasteiger partial charge in [-0.2, -0.15) is 0 Å². The van der Waals surface area contributed by atoms with Crippen LogP contribution in [0.25, 0.3) is 5.65 Å². The number of carbonyl (C=O) groups excluding carboxylic acids is 1. The topological polar surface area (TPSA) is 75.0 Å². The molecule has 0 aliphatic carbocycles. The summed E-state index contributed by atoms with van der Waals surface area (Å²) in [5.41, 5.74) is 2.05. The highest BCUT2D eigenvalue weighted by molar-refractivity contribution is 7.91. The first kappa shape index (κ1) is 19.6. The van der Waals surface area contributed by atoms with Crippen molar-refractivity contribution in [1.29, 1.82) is 0 Å². The first-order valence-corrected chi connectivity index (χ1v) is 11.4. The van der Waals surface area contributed by atoms with Crippen LogP contribution in [0, 0.1) is 0 Å². The van der Waals surface area contributed by atoms with Crippen molar-refractivity contribution < 1.29 is 13.2 Å². The largest absolute Gasteiger partial charge is 0.340 e. The van der Waals surface area contributed by atoms with Crippen molar-refractivity contribution in [1.82, 2.24) is 19.2 Å². The van der Waals surface area contributed by atoms with Crippen LogP contribution in [0.3, 0.4) is 0 Å². The molecule has 0 atom stereocenters. The van der Waals surface area contributed by atoms with Gasteiger partial charge in [-0.05, 0) is 24.3 Å². The Balaban J connectivity index is 1.28. The van der Waals surface area contributed by atoms with Gasteiger partial charge in [0.15, 0.2) is 9.84 Å². The average Bonchev–Trinajstić information content (AvgIpc) is 3.16. The lowest BCUT2D eigenvalue weighted by Gasteiger charge is -2.34. The number of rotatable bonds is 6. The van der Waals surface area contributed by atoms with E-state index in [-0.39, 0.29) is 23.0 Å². The molecular weight excluding hydrogens is 388 g/mol. The minimum Gasteiger partial charge on any atom is -0.340 e. The monoisotopic (exact) mass is 412 g/mol. The third-order valence-electron chi connectivity index (χ3n) is 5.29. The van der Waals surface area contributed by atoms with E-state index in [0.29, 0.717) is 13.1 Å². The summed E-state index contributed by atoms with van der Waals surface area (Å²) >= 11 is 0. The van der Waals surface area contributed by atoms with Crippen molar-refractivity contribution in [3.05, 3.63) is 66.6 Å². The van der Waals surface area contributed by atoms with E-state index in [4.69, 9.17) is 0 Å². The molecule has 1 aromatic carbocycles. The molecule has 1 aliphatic heterocycles. The summed E-state index contributed by atoms with van der Waals surface area (Å²) < 4.78 is 26.8. The zero-order valence-electron chi connectivity index (χ0n) is 16.1. The number of pyridine rings is 1. The molecule has 1 amide bonds. The van der Waals surface area contributed by atoms with Crippen molar-refractivity contribution in [2.45, 2.75) is 17.9 Å². The second kappa shape index (κ2) is 8.34. The fourth-order valence-electron chi connectivity index (χ4n) is 3.61. The van der Waals surface area contributed by atoms with Crippen LogP contribution in [0.2, 0.25) is 0 Å². The Kier molecular flexibility index (Phi) is 5.64. The molecular formula is C21H24N4O3S. The summed E-state index contributed by atoms with van der Waals surface area (Å²) in [6.45, 7) is 3.52. The van der Waals surface area contributed by atoms with Crippen molar-refractivity contribution in [2.75, 3.05) is 31.9 Å². The molecule has 1 fully saturated rings. The maximum atomic E-state index is 12.5. The molecule has 3 heterocycles. The molecule has 0 saturated carbocycles. The zero-order chi connectivity index (χ0) is 20.3. The number of aromatic nitrogens is 2. The third kappa shape index (κ3) is 4.49. The SMILES string of the molecule is O=C(CCS(=O)(=O)c1ccccc1)N1CCN(Cc2cnc3ccccn23)CC1. The highest BCUT2D eigenvalue weighted by Crippen LogP contribution is 2.14. The van der Waals surface area contributed by atoms with Gasteiger partial charge in [0, 0.05) is 45.3 Å². The molecule has 4 rings (SSSR count). The highest BCUT2D eigenvalue weighted by atomic mass is 32.2. The highest BCUT2D eigenvalue weighted by Gasteiger charge is 2.24. The van der Waals surface area contributed by atoms with Crippen molar-refractivity contribution in [3.63, 3.8) is 0 Å². The summed E-state index contributed by atoms with van der Waals surface area (Å²) in [5, 5.41) is 0. The van der Waals surface area contributed by atoms with Crippen LogP contribution in [0.4, 0.5) is 0 Å². The summed E-state index contributed by atoms with van der Waals surface area (Å²) in [6.07, 6.45) is 3.91. The Hall–Kier alpha value is -2.71. The molecule has 0 N–H and O–H groups in total. The summed E-state index contributed by atoms with van der Waals surface area (Å²) in [4.78, 5) is 21.2. The minimum atomic E-state index is -3.43. The van der Waals surface area contributed by atoms with Crippen LogP contribution >= 0.6 is 0 Å². The third-order valence-corrected chi connectivity index (χ3v) is 7.02. The van der Waals surface area contributed by atoms with Crippen LogP contribution in [0.15, 0.2) is 65.8 Å². The number of benzene rings is 1. The number of carbonyl (C=O) groups is 1. The lowest BCUT2D eigenvalue weighted by Crippen LogP contribution is -2.48. The summed E-state index contributed by atoms with van der Waals surface area (Å²) in [7, 11) is -3.43. The molecule has 8 heteroatoms. The lowest BCUT2D eigenvalue weighted by atomic mass is 10.2. The van der Waals surface area contributed by atoms with Crippen LogP contribution in [-0.2, 0) is 21.2 Å². The molecule has 1 saturated heterocycles. The predicted octanol–water partition coefficient (Wildman–Crippen LogP) is 1.84. The van der Waals surface area contributed by atoms with Crippen LogP contribution in [-0.4, -0.2) is 65.4 Å². The first-order valence-electron chi connectivity index (χ1n) is 9.72. The fraction of sp³-hybridized carbons (Fsp3) is 0.333. The molecule has 1 aliphatic rings. The number of hydrogen-bond donors (Lipinski definition) is 0. The molecule has 152 valence electrons. The zero-order valence-corrected chi connectivity index (χ0v) is 17.0. The standard InChI is InChI=1S/C21H24N4O3S/c26-21(9-15-29(27,28)19-6-2-1-3-7-19)24-13-11-23(12-14-24)17-18-16-22-20-8-4-5-10-25(18)20/h1-8,10,16H,9,11-15,17H2. The van der Waals surface area contributed by atoms with Gasteiger partial charge in [0.05, 0.1) is 22.5 Å². The normalized spacial score (nSPS) is 15.7. The van der Waals surface area contributed by atoms with Crippen molar-refractivity contribution in [2.24, 2.45) is 0 Å². The smallest absolute Gasteiger partial charge is 0.223 e. The van der Waals surface area contributed by atoms with Gasteiger partial charge in [-0.15, -0.1) is 0 Å². The number of sulfone groups is 1. The van der Waals surface area contributed by atoms with Crippen LogP contribution in [0.5, 0.6) is 0 Å². The van der Waals surface area contributed by atoms with Gasteiger partial charge >= 0.3 is 0 Å². The maximum absolute atomic E-state index is 12.5. The van der Waals surface area contributed by atoms with Crippen molar-refractivity contribution in [3.8, 4) is 0 Å². The molecule has 3 aromatic rings. The van der Waals surface area contributed by atoms with Gasteiger partial charge < -0.3 is 9.30 Å². The van der Waals surface area contributed by atoms with E-state index in [1.165, 1.54) is 0 Å². The van der Waals surface area contributed by atoms with E-state index in [1.807, 2.05) is 30.6 Å². The van der Waals surface area contributed by atoms with Crippen LogP contribution < -0.4 is 0 Å². The molecule has 0 unspecified atom stereocenters. The van der Waals surface area contributed by atoms with E-state index in [9.17, 15) is 13.2 Å². The van der Waals surface area contributed by atoms with E-state index in [2.05, 4.69) is 14.3 Å². The first-order chi connectivity index (χ1) is 14.0. The maximum Gasteiger partial charge on any atom is 0.223 e. The van der Waals surface area contributed by atoms with Gasteiger partial charge in [0.1, 0.15) is 5.65 Å². The van der Waals surface area contributed by atoms with Gasteiger partial charge in [-0.3, -0.25) is 9.69 Å². The Bertz CT molecular complexity index is 1090. The quantitative estimate of drug-likeness (QED) is 0.618. The Morgan fingerprint density at radius 3 is 2.45 bits per heavy atom. The van der Waals surface area contributed by atoms with E-state index >= 15 is 0 Å². The van der Waals surface area contributed by atoms with Gasteiger partial charge in [0.2, 0.25) is 5.91 Å². The van der Waals surface area contributed by atoms with Crippen LogP contribution in [0.1, 0.15) is 12.1 Å². The molecule has 0 radical (unpaired) electrons. The number of hydrogen-bond acceptors (Lipinski definition) is 5. The molecule has 7 nitrogen and oxygen atoms in total. The Labute approximate surface area is 170 Å². The molecule has 2 aromatic heterocycles. The van der Waals surface area contributed by atoms with Gasteiger partial charge in [0.25, 0.3) is 0 Å². The molecule has 29 heavy (non-hydrogen) atoms. The number of nitrogens with zero attached hydrogens (tertiary/aromatic N) is 4. The second-order valence-electron chi connectivity index (χ2n) is 7.22. The van der Waals surface area contributed by atoms with E-state index in [1.54, 1.807) is 35.2 Å². The van der Waals surface area contributed by atoms with E-state index < -0.39 is 9.84 Å². The Morgan fingerprint density at radius 1 is 0.966 bits per heavy atom. The summed E-state index contributed by atoms with van der Waals surface area (Å²) in [6, 6.07) is 14.2. The predicted molar refractivity (Wildman–Crippen MR) is 110 cm³/mol. The molecule has 0 spiro atoms. The minimum absolute atomic E-state index is 0.0183. The number of piperazine rings is 1. The lowest BCUT2D eigenvalue weighted by molar-refractivity contribution is -0.132. The number of amides is 1. The van der Waals surface area contributed by atoms with Gasteiger partial charge in [-0.25, -0.2) is 13.4 Å². The Morgan fingerprint density at radius 2 is 1.69 bits per heavy atom. The average molecular weight is 413 g/mol. The van der Waals surface area contributed by atoms with Gasteiger partial charge in [-0.1, -0.05) is 24.3 Å². The van der Waals surface area contributed by atoms with Crippen molar-refractivity contribution >= 4 is 21.4 Å². The van der Waals surface area contributed by atoms with E-state index in [0.717, 1.165) is 31.0 Å².